The first-order chi connectivity index (χ1) is 17.7. The van der Waals surface area contributed by atoms with Crippen molar-refractivity contribution in [3.05, 3.63) is 25.3 Å². The maximum absolute atomic E-state index is 10.9. The Morgan fingerprint density at radius 2 is 1.32 bits per heavy atom. The normalized spacial score (nSPS) is 22.9. The highest BCUT2D eigenvalue weighted by Gasteiger charge is 2.48. The maximum atomic E-state index is 10.9. The van der Waals surface area contributed by atoms with Crippen molar-refractivity contribution in [1.29, 1.82) is 0 Å². The zero-order valence-corrected chi connectivity index (χ0v) is 22.5. The maximum Gasteiger partial charge on any atom is 0.407 e. The number of nitrogens with one attached hydrogen (secondary N) is 2. The lowest BCUT2D eigenvalue weighted by atomic mass is 9.82. The first kappa shape index (κ1) is 32.0. The number of fused-ring (bicyclic) bond motifs is 5. The molecule has 10 heteroatoms. The van der Waals surface area contributed by atoms with E-state index in [1.54, 1.807) is 59.3 Å². The fourth-order valence-corrected chi connectivity index (χ4v) is 5.21. The van der Waals surface area contributed by atoms with Crippen LogP contribution in [0.5, 0.6) is 0 Å². The molecule has 3 saturated carbocycles. The molecule has 2 amide bonds. The van der Waals surface area contributed by atoms with Crippen molar-refractivity contribution in [2.24, 2.45) is 23.7 Å². The number of carbonyl (C=O) groups is 4. The highest BCUT2D eigenvalue weighted by Crippen LogP contribution is 2.58. The number of alkyl carbamates (subject to hydrolysis) is 2. The number of amides is 2. The van der Waals surface area contributed by atoms with Crippen LogP contribution in [0.3, 0.4) is 0 Å². The number of esters is 2. The summed E-state index contributed by atoms with van der Waals surface area (Å²) < 4.78 is 18.7. The van der Waals surface area contributed by atoms with Crippen LogP contribution < -0.4 is 10.6 Å². The van der Waals surface area contributed by atoms with Crippen LogP contribution in [0.15, 0.2) is 25.3 Å². The number of rotatable bonds is 10. The summed E-state index contributed by atoms with van der Waals surface area (Å²) in [5, 5.41) is 4.88. The Hall–Kier alpha value is -3.04. The summed E-state index contributed by atoms with van der Waals surface area (Å²) in [4.78, 5) is 42.7. The molecule has 0 aromatic heterocycles. The van der Waals surface area contributed by atoms with Gasteiger partial charge >= 0.3 is 24.1 Å². The zero-order chi connectivity index (χ0) is 27.6. The molecule has 0 saturated heterocycles. The lowest BCUT2D eigenvalue weighted by Gasteiger charge is -2.23. The Balaban J connectivity index is 0.000000279. The van der Waals surface area contributed by atoms with Gasteiger partial charge in [0.15, 0.2) is 0 Å². The third kappa shape index (κ3) is 12.7. The average molecular weight is 525 g/mol. The van der Waals surface area contributed by atoms with Gasteiger partial charge in [-0.15, -0.1) is 0 Å². The van der Waals surface area contributed by atoms with Crippen LogP contribution in [-0.2, 0) is 28.5 Å². The lowest BCUT2D eigenvalue weighted by Crippen LogP contribution is -2.30. The summed E-state index contributed by atoms with van der Waals surface area (Å²) in [7, 11) is 0. The van der Waals surface area contributed by atoms with Crippen molar-refractivity contribution in [2.75, 3.05) is 32.9 Å². The second-order valence-electron chi connectivity index (χ2n) is 9.21. The van der Waals surface area contributed by atoms with E-state index < -0.39 is 30.2 Å². The van der Waals surface area contributed by atoms with E-state index in [2.05, 4.69) is 38.0 Å². The molecule has 0 radical (unpaired) electrons. The van der Waals surface area contributed by atoms with Crippen LogP contribution in [0.4, 0.5) is 9.59 Å². The Morgan fingerprint density at radius 3 is 1.86 bits per heavy atom. The van der Waals surface area contributed by atoms with Gasteiger partial charge in [-0.1, -0.05) is 19.6 Å². The highest BCUT2D eigenvalue weighted by atomic mass is 16.6. The van der Waals surface area contributed by atoms with Gasteiger partial charge < -0.3 is 29.6 Å². The highest BCUT2D eigenvalue weighted by molar-refractivity contribution is 5.81. The molecule has 10 nitrogen and oxygen atoms in total. The van der Waals surface area contributed by atoms with Crippen molar-refractivity contribution in [1.82, 2.24) is 10.6 Å². The van der Waals surface area contributed by atoms with Gasteiger partial charge in [-0.05, 0) is 76.5 Å². The standard InChI is InChI=1S/C10H16.C9H15NO4.C8H13NO4/c1-2-9-7-4-5-8(6-7)10(9)3-1;1-4-8(11)13-6-7(3)14-9(12)10-5-2;1-3-7(10)12-5-6-13-8(11)9-4-2/h7-10H,1-6H2;4,7H,1,5-6H2,2-3H3,(H,10,12);3H,1,4-6H2,2H3,(H,9,11). The predicted molar refractivity (Wildman–Crippen MR) is 139 cm³/mol. The van der Waals surface area contributed by atoms with Crippen LogP contribution in [0.1, 0.15) is 59.3 Å². The van der Waals surface area contributed by atoms with Gasteiger partial charge in [0.1, 0.15) is 25.9 Å². The summed E-state index contributed by atoms with van der Waals surface area (Å²) in [6.45, 7) is 12.8. The largest absolute Gasteiger partial charge is 0.459 e. The molecule has 0 aromatic carbocycles. The SMILES string of the molecule is C1CC2C3CCC(C3)C2C1.C=CC(=O)OCC(C)OC(=O)NCC.C=CC(=O)OCCOC(=O)NCC. The van der Waals surface area contributed by atoms with E-state index in [1.807, 2.05) is 0 Å². The topological polar surface area (TPSA) is 129 Å². The minimum absolute atomic E-state index is 0.0297. The van der Waals surface area contributed by atoms with E-state index in [0.29, 0.717) is 13.1 Å². The van der Waals surface area contributed by atoms with Crippen molar-refractivity contribution in [3.8, 4) is 0 Å². The summed E-state index contributed by atoms with van der Waals surface area (Å²) in [6, 6.07) is 0. The molecule has 2 N–H and O–H groups in total. The number of ether oxygens (including phenoxy) is 4. The van der Waals surface area contributed by atoms with Crippen molar-refractivity contribution in [2.45, 2.75) is 65.4 Å². The Kier molecular flexibility index (Phi) is 15.8. The Morgan fingerprint density at radius 1 is 0.811 bits per heavy atom. The molecule has 0 aliphatic heterocycles. The molecule has 37 heavy (non-hydrogen) atoms. The summed E-state index contributed by atoms with van der Waals surface area (Å²) in [5.74, 6) is 3.74. The van der Waals surface area contributed by atoms with E-state index in [0.717, 1.165) is 12.2 Å². The molecule has 210 valence electrons. The molecule has 3 rings (SSSR count). The molecule has 5 atom stereocenters. The van der Waals surface area contributed by atoms with Crippen LogP contribution in [0.2, 0.25) is 0 Å². The third-order valence-corrected chi connectivity index (χ3v) is 6.65. The zero-order valence-electron chi connectivity index (χ0n) is 22.5. The lowest BCUT2D eigenvalue weighted by molar-refractivity contribution is -0.140. The van der Waals surface area contributed by atoms with Crippen LogP contribution in [0.25, 0.3) is 0 Å². The van der Waals surface area contributed by atoms with Crippen molar-refractivity contribution in [3.63, 3.8) is 0 Å². The van der Waals surface area contributed by atoms with Gasteiger partial charge in [0, 0.05) is 25.2 Å². The summed E-state index contributed by atoms with van der Waals surface area (Å²) in [5.41, 5.74) is 0. The minimum atomic E-state index is -0.531. The van der Waals surface area contributed by atoms with Crippen molar-refractivity contribution >= 4 is 24.1 Å². The van der Waals surface area contributed by atoms with Crippen LogP contribution in [-0.4, -0.2) is 63.1 Å². The van der Waals surface area contributed by atoms with Gasteiger partial charge in [0.05, 0.1) is 0 Å². The Labute approximate surface area is 220 Å². The number of hydrogen-bond donors (Lipinski definition) is 2. The molecular weight excluding hydrogens is 480 g/mol. The van der Waals surface area contributed by atoms with Gasteiger partial charge in [-0.25, -0.2) is 19.2 Å². The first-order valence-electron chi connectivity index (χ1n) is 13.2. The fourth-order valence-electron chi connectivity index (χ4n) is 5.21. The molecule has 2 bridgehead atoms. The number of hydrogen-bond acceptors (Lipinski definition) is 8. The van der Waals surface area contributed by atoms with E-state index in [4.69, 9.17) is 4.74 Å². The average Bonchev–Trinajstić information content (AvgIpc) is 3.62. The predicted octanol–water partition coefficient (Wildman–Crippen LogP) is 4.14. The van der Waals surface area contributed by atoms with E-state index in [-0.39, 0.29) is 19.8 Å². The molecule has 3 aliphatic rings. The van der Waals surface area contributed by atoms with Crippen molar-refractivity contribution < 1.29 is 38.1 Å². The second kappa shape index (κ2) is 18.2. The molecule has 0 aromatic rings. The summed E-state index contributed by atoms with van der Waals surface area (Å²) >= 11 is 0. The molecule has 0 spiro atoms. The fraction of sp³-hybridized carbons (Fsp3) is 0.704. The molecule has 0 heterocycles. The van der Waals surface area contributed by atoms with Gasteiger partial charge in [-0.2, -0.15) is 0 Å². The molecular formula is C27H44N2O8. The third-order valence-electron chi connectivity index (χ3n) is 6.65. The molecule has 3 aliphatic carbocycles. The quantitative estimate of drug-likeness (QED) is 0.189. The number of carbonyl (C=O) groups excluding carboxylic acids is 4. The van der Waals surface area contributed by atoms with Gasteiger partial charge in [0.25, 0.3) is 0 Å². The van der Waals surface area contributed by atoms with E-state index in [1.165, 1.54) is 23.7 Å². The van der Waals surface area contributed by atoms with Gasteiger partial charge in [-0.3, -0.25) is 0 Å². The van der Waals surface area contributed by atoms with Crippen LogP contribution in [0, 0.1) is 23.7 Å². The molecule has 5 unspecified atom stereocenters. The van der Waals surface area contributed by atoms with E-state index >= 15 is 0 Å². The second-order valence-corrected chi connectivity index (χ2v) is 9.21. The summed E-state index contributed by atoms with van der Waals surface area (Å²) in [6.07, 6.45) is 10.1. The van der Waals surface area contributed by atoms with E-state index in [9.17, 15) is 19.2 Å². The van der Waals surface area contributed by atoms with Gasteiger partial charge in [0.2, 0.25) is 0 Å². The Bertz CT molecular complexity index is 741. The van der Waals surface area contributed by atoms with Crippen LogP contribution >= 0.6 is 0 Å². The minimum Gasteiger partial charge on any atom is -0.459 e. The first-order valence-corrected chi connectivity index (χ1v) is 13.2. The smallest absolute Gasteiger partial charge is 0.407 e. The molecule has 3 fully saturated rings. The monoisotopic (exact) mass is 524 g/mol.